The Morgan fingerprint density at radius 1 is 1.53 bits per heavy atom. The Hall–Kier alpha value is -0.940. The molecule has 0 N–H and O–H groups in total. The molecule has 2 rings (SSSR count). The van der Waals surface area contributed by atoms with Crippen molar-refractivity contribution >= 4 is 17.2 Å². The quantitative estimate of drug-likeness (QED) is 0.849. The zero-order valence-electron chi connectivity index (χ0n) is 12.2. The minimum Gasteiger partial charge on any atom is -0.338 e. The van der Waals surface area contributed by atoms with Crippen molar-refractivity contribution < 1.29 is 4.79 Å². The third-order valence-corrected chi connectivity index (χ3v) is 4.14. The molecule has 2 heterocycles. The van der Waals surface area contributed by atoms with Crippen molar-refractivity contribution in [2.45, 2.75) is 39.3 Å². The van der Waals surface area contributed by atoms with E-state index in [1.54, 1.807) is 11.3 Å². The molecule has 0 aliphatic carbocycles. The Kier molecular flexibility index (Phi) is 4.26. The first-order chi connectivity index (χ1) is 8.86. The number of hydrogen-bond acceptors (Lipinski definition) is 4. The van der Waals surface area contributed by atoms with E-state index >= 15 is 0 Å². The summed E-state index contributed by atoms with van der Waals surface area (Å²) in [6, 6.07) is 0. The second-order valence-electron chi connectivity index (χ2n) is 6.42. The van der Waals surface area contributed by atoms with Gasteiger partial charge in [-0.25, -0.2) is 4.98 Å². The van der Waals surface area contributed by atoms with Gasteiger partial charge in [0.25, 0.3) is 0 Å². The van der Waals surface area contributed by atoms with Gasteiger partial charge in [-0.2, -0.15) is 0 Å². The molecule has 4 nitrogen and oxygen atoms in total. The van der Waals surface area contributed by atoms with E-state index in [-0.39, 0.29) is 5.54 Å². The maximum Gasteiger partial charge on any atom is 0.223 e. The predicted octanol–water partition coefficient (Wildman–Crippen LogP) is 2.22. The summed E-state index contributed by atoms with van der Waals surface area (Å²) in [5.74, 6) is 0.731. The van der Waals surface area contributed by atoms with Crippen molar-refractivity contribution in [1.29, 1.82) is 0 Å². The molecule has 1 amide bonds. The molecule has 1 aliphatic rings. The van der Waals surface area contributed by atoms with Gasteiger partial charge < -0.3 is 9.80 Å². The molecule has 106 valence electrons. The Morgan fingerprint density at radius 2 is 2.26 bits per heavy atom. The lowest BCUT2D eigenvalue weighted by atomic mass is 10.1. The van der Waals surface area contributed by atoms with Gasteiger partial charge in [-0.3, -0.25) is 4.79 Å². The van der Waals surface area contributed by atoms with E-state index in [9.17, 15) is 4.79 Å². The molecule has 1 aliphatic heterocycles. The molecule has 1 aromatic rings. The van der Waals surface area contributed by atoms with Crippen LogP contribution in [0.25, 0.3) is 0 Å². The smallest absolute Gasteiger partial charge is 0.223 e. The lowest BCUT2D eigenvalue weighted by Crippen LogP contribution is -2.42. The zero-order chi connectivity index (χ0) is 14.0. The standard InChI is InChI=1S/C14H23N3OS/c1-14(2,3)17-7-11(5-13(17)18)6-16(4)8-12-9-19-10-15-12/h9-11H,5-8H2,1-4H3/t11-/m0/s1. The summed E-state index contributed by atoms with van der Waals surface area (Å²) in [4.78, 5) is 20.6. The second-order valence-corrected chi connectivity index (χ2v) is 7.14. The summed E-state index contributed by atoms with van der Waals surface area (Å²) in [6.07, 6.45) is 0.679. The highest BCUT2D eigenvalue weighted by molar-refractivity contribution is 7.07. The van der Waals surface area contributed by atoms with E-state index in [4.69, 9.17) is 0 Å². The average molecular weight is 281 g/mol. The van der Waals surface area contributed by atoms with E-state index in [2.05, 4.69) is 43.1 Å². The second kappa shape index (κ2) is 5.59. The van der Waals surface area contributed by atoms with Gasteiger partial charge in [-0.1, -0.05) is 0 Å². The fraction of sp³-hybridized carbons (Fsp3) is 0.714. The monoisotopic (exact) mass is 281 g/mol. The van der Waals surface area contributed by atoms with Crippen LogP contribution in [0, 0.1) is 5.92 Å². The fourth-order valence-electron chi connectivity index (χ4n) is 2.65. The number of likely N-dealkylation sites (tertiary alicyclic amines) is 1. The minimum atomic E-state index is -0.0562. The first-order valence-electron chi connectivity index (χ1n) is 6.72. The first kappa shape index (κ1) is 14.5. The lowest BCUT2D eigenvalue weighted by Gasteiger charge is -2.32. The first-order valence-corrected chi connectivity index (χ1v) is 7.66. The van der Waals surface area contributed by atoms with Crippen molar-refractivity contribution in [1.82, 2.24) is 14.8 Å². The molecule has 0 spiro atoms. The van der Waals surface area contributed by atoms with E-state index in [0.29, 0.717) is 18.2 Å². The van der Waals surface area contributed by atoms with Crippen LogP contribution in [-0.4, -0.2) is 46.4 Å². The van der Waals surface area contributed by atoms with Crippen LogP contribution in [0.3, 0.4) is 0 Å². The van der Waals surface area contributed by atoms with Crippen molar-refractivity contribution in [3.63, 3.8) is 0 Å². The van der Waals surface area contributed by atoms with Crippen LogP contribution in [-0.2, 0) is 11.3 Å². The summed E-state index contributed by atoms with van der Waals surface area (Å²) in [6.45, 7) is 9.01. The van der Waals surface area contributed by atoms with Gasteiger partial charge in [0.2, 0.25) is 5.91 Å². The van der Waals surface area contributed by atoms with E-state index in [0.717, 1.165) is 25.3 Å². The summed E-state index contributed by atoms with van der Waals surface area (Å²) in [7, 11) is 2.10. The highest BCUT2D eigenvalue weighted by Crippen LogP contribution is 2.26. The molecular formula is C14H23N3OS. The van der Waals surface area contributed by atoms with Crippen LogP contribution in [0.5, 0.6) is 0 Å². The highest BCUT2D eigenvalue weighted by Gasteiger charge is 2.36. The van der Waals surface area contributed by atoms with Crippen LogP contribution in [0.15, 0.2) is 10.9 Å². The van der Waals surface area contributed by atoms with Gasteiger partial charge >= 0.3 is 0 Å². The number of thiazole rings is 1. The molecule has 0 radical (unpaired) electrons. The third kappa shape index (κ3) is 3.76. The molecule has 19 heavy (non-hydrogen) atoms. The van der Waals surface area contributed by atoms with Crippen LogP contribution in [0.2, 0.25) is 0 Å². The number of amides is 1. The van der Waals surface area contributed by atoms with Gasteiger partial charge in [-0.15, -0.1) is 11.3 Å². The number of nitrogens with zero attached hydrogens (tertiary/aromatic N) is 3. The summed E-state index contributed by atoms with van der Waals surface area (Å²) >= 11 is 1.63. The topological polar surface area (TPSA) is 36.4 Å². The van der Waals surface area contributed by atoms with E-state index in [1.165, 1.54) is 0 Å². The Morgan fingerprint density at radius 3 is 2.79 bits per heavy atom. The van der Waals surface area contributed by atoms with Crippen LogP contribution < -0.4 is 0 Å². The zero-order valence-corrected chi connectivity index (χ0v) is 13.0. The SMILES string of the molecule is CN(Cc1cscn1)C[C@@H]1CC(=O)N(C(C)(C)C)C1. The lowest BCUT2D eigenvalue weighted by molar-refractivity contribution is -0.131. The number of hydrogen-bond donors (Lipinski definition) is 0. The number of rotatable bonds is 4. The molecule has 0 unspecified atom stereocenters. The van der Waals surface area contributed by atoms with Crippen molar-refractivity contribution in [3.05, 3.63) is 16.6 Å². The Labute approximate surface area is 119 Å². The van der Waals surface area contributed by atoms with Crippen LogP contribution in [0.1, 0.15) is 32.9 Å². The molecule has 0 bridgehead atoms. The molecule has 0 aromatic carbocycles. The van der Waals surface area contributed by atoms with Crippen molar-refractivity contribution in [2.24, 2.45) is 5.92 Å². The van der Waals surface area contributed by atoms with Crippen molar-refractivity contribution in [2.75, 3.05) is 20.1 Å². The Balaban J connectivity index is 1.86. The van der Waals surface area contributed by atoms with Crippen LogP contribution in [0.4, 0.5) is 0 Å². The van der Waals surface area contributed by atoms with Gasteiger partial charge in [-0.05, 0) is 33.7 Å². The normalized spacial score (nSPS) is 20.6. The van der Waals surface area contributed by atoms with Gasteiger partial charge in [0.05, 0.1) is 11.2 Å². The maximum atomic E-state index is 12.0. The van der Waals surface area contributed by atoms with E-state index < -0.39 is 0 Å². The highest BCUT2D eigenvalue weighted by atomic mass is 32.1. The molecule has 1 atom stereocenters. The maximum absolute atomic E-state index is 12.0. The summed E-state index contributed by atoms with van der Waals surface area (Å²) in [5, 5.41) is 2.08. The number of carbonyl (C=O) groups is 1. The summed E-state index contributed by atoms with van der Waals surface area (Å²) in [5.41, 5.74) is 2.92. The van der Waals surface area contributed by atoms with Crippen molar-refractivity contribution in [3.8, 4) is 0 Å². The Bertz CT molecular complexity index is 424. The van der Waals surface area contributed by atoms with Gasteiger partial charge in [0.1, 0.15) is 0 Å². The average Bonchev–Trinajstić information content (AvgIpc) is 2.87. The molecule has 1 saturated heterocycles. The van der Waals surface area contributed by atoms with Gasteiger partial charge in [0.15, 0.2) is 0 Å². The molecular weight excluding hydrogens is 258 g/mol. The number of carbonyl (C=O) groups excluding carboxylic acids is 1. The predicted molar refractivity (Wildman–Crippen MR) is 78.0 cm³/mol. The van der Waals surface area contributed by atoms with Gasteiger partial charge in [0, 0.05) is 37.0 Å². The van der Waals surface area contributed by atoms with E-state index in [1.807, 2.05) is 10.4 Å². The molecule has 0 saturated carbocycles. The summed E-state index contributed by atoms with van der Waals surface area (Å²) < 4.78 is 0. The third-order valence-electron chi connectivity index (χ3n) is 3.50. The van der Waals surface area contributed by atoms with Crippen LogP contribution >= 0.6 is 11.3 Å². The molecule has 1 fully saturated rings. The molecule has 5 heteroatoms. The largest absolute Gasteiger partial charge is 0.338 e. The number of aromatic nitrogens is 1. The fourth-order valence-corrected chi connectivity index (χ4v) is 3.20. The minimum absolute atomic E-state index is 0.0562. The molecule has 1 aromatic heterocycles.